The van der Waals surface area contributed by atoms with Crippen molar-refractivity contribution in [1.82, 2.24) is 9.55 Å². The number of nitrogens with zero attached hydrogens (tertiary/aromatic N) is 2. The number of halogens is 1. The van der Waals surface area contributed by atoms with E-state index in [1.165, 1.54) is 12.1 Å². The largest absolute Gasteiger partial charge is 0.392 e. The minimum Gasteiger partial charge on any atom is -0.392 e. The molecule has 1 amide bonds. The van der Waals surface area contributed by atoms with Gasteiger partial charge in [0.15, 0.2) is 0 Å². The van der Waals surface area contributed by atoms with Crippen LogP contribution in [0.2, 0.25) is 0 Å². The molecule has 0 atom stereocenters. The number of aromatic nitrogens is 2. The topological polar surface area (TPSA) is 67.2 Å². The van der Waals surface area contributed by atoms with E-state index in [-0.39, 0.29) is 18.3 Å². The van der Waals surface area contributed by atoms with Crippen molar-refractivity contribution in [2.24, 2.45) is 0 Å². The lowest BCUT2D eigenvalue weighted by Gasteiger charge is -2.09. The summed E-state index contributed by atoms with van der Waals surface area (Å²) in [5, 5.41) is 12.0. The Morgan fingerprint density at radius 3 is 2.46 bits per heavy atom. The van der Waals surface area contributed by atoms with Gasteiger partial charge in [-0.2, -0.15) is 0 Å². The van der Waals surface area contributed by atoms with Crippen LogP contribution in [-0.4, -0.2) is 20.6 Å². The van der Waals surface area contributed by atoms with Crippen molar-refractivity contribution in [2.45, 2.75) is 13.5 Å². The van der Waals surface area contributed by atoms with Crippen molar-refractivity contribution in [3.63, 3.8) is 0 Å². The number of imidazole rings is 1. The van der Waals surface area contributed by atoms with E-state index in [2.05, 4.69) is 10.3 Å². The number of carbonyl (C=O) groups excluding carboxylic acids is 1. The molecule has 0 bridgehead atoms. The zero-order valence-corrected chi connectivity index (χ0v) is 15.2. The van der Waals surface area contributed by atoms with E-state index in [0.717, 1.165) is 28.1 Å². The number of fused-ring (bicyclic) bond motifs is 1. The number of aryl methyl sites for hydroxylation is 1. The number of aliphatic hydroxyl groups excluding tert-OH is 1. The van der Waals surface area contributed by atoms with Crippen molar-refractivity contribution < 1.29 is 14.3 Å². The number of anilines is 1. The quantitative estimate of drug-likeness (QED) is 0.561. The maximum atomic E-state index is 13.3. The fraction of sp³-hybridized carbons (Fsp3) is 0.0909. The second-order valence-electron chi connectivity index (χ2n) is 6.48. The van der Waals surface area contributed by atoms with Gasteiger partial charge in [-0.1, -0.05) is 12.1 Å². The van der Waals surface area contributed by atoms with Gasteiger partial charge in [0.05, 0.1) is 17.6 Å². The van der Waals surface area contributed by atoms with Crippen molar-refractivity contribution in [3.05, 3.63) is 89.5 Å². The van der Waals surface area contributed by atoms with Crippen molar-refractivity contribution >= 4 is 22.6 Å². The van der Waals surface area contributed by atoms with Crippen molar-refractivity contribution in [2.75, 3.05) is 5.32 Å². The van der Waals surface area contributed by atoms with Gasteiger partial charge in [-0.25, -0.2) is 9.37 Å². The van der Waals surface area contributed by atoms with Gasteiger partial charge in [-0.05, 0) is 67.1 Å². The van der Waals surface area contributed by atoms with Gasteiger partial charge in [-0.3, -0.25) is 9.36 Å². The van der Waals surface area contributed by atoms with Crippen LogP contribution in [0.5, 0.6) is 0 Å². The highest BCUT2D eigenvalue weighted by Crippen LogP contribution is 2.23. The van der Waals surface area contributed by atoms with Crippen LogP contribution in [-0.2, 0) is 6.61 Å². The van der Waals surface area contributed by atoms with E-state index < -0.39 is 0 Å². The summed E-state index contributed by atoms with van der Waals surface area (Å²) in [6.07, 6.45) is 0. The third-order valence-electron chi connectivity index (χ3n) is 4.56. The highest BCUT2D eigenvalue weighted by Gasteiger charge is 2.13. The van der Waals surface area contributed by atoms with Crippen LogP contribution in [0.25, 0.3) is 16.7 Å². The Kier molecular flexibility index (Phi) is 4.63. The van der Waals surface area contributed by atoms with Crippen LogP contribution in [0.15, 0.2) is 66.7 Å². The number of rotatable bonds is 4. The molecule has 0 saturated carbocycles. The van der Waals surface area contributed by atoms with Crippen LogP contribution in [0.4, 0.5) is 10.1 Å². The minimum atomic E-state index is -0.307. The average Bonchev–Trinajstić information content (AvgIpc) is 3.04. The molecule has 6 heteroatoms. The third kappa shape index (κ3) is 3.37. The minimum absolute atomic E-state index is 0.0440. The zero-order valence-electron chi connectivity index (χ0n) is 15.2. The smallest absolute Gasteiger partial charge is 0.255 e. The lowest BCUT2D eigenvalue weighted by Crippen LogP contribution is -2.12. The first-order valence-corrected chi connectivity index (χ1v) is 8.81. The second-order valence-corrected chi connectivity index (χ2v) is 6.48. The first-order chi connectivity index (χ1) is 13.5. The van der Waals surface area contributed by atoms with Gasteiger partial charge < -0.3 is 10.4 Å². The monoisotopic (exact) mass is 375 g/mol. The predicted molar refractivity (Wildman–Crippen MR) is 106 cm³/mol. The Bertz CT molecular complexity index is 1150. The van der Waals surface area contributed by atoms with Gasteiger partial charge in [-0.15, -0.1) is 0 Å². The molecule has 0 aliphatic rings. The average molecular weight is 375 g/mol. The molecule has 2 N–H and O–H groups in total. The first kappa shape index (κ1) is 17.9. The molecule has 4 aromatic rings. The van der Waals surface area contributed by atoms with E-state index >= 15 is 0 Å². The fourth-order valence-corrected chi connectivity index (χ4v) is 3.15. The SMILES string of the molecule is Cc1nc2ccc(C(=O)Nc3ccc(CO)cc3)cc2n1-c1ccc(F)cc1. The molecule has 0 radical (unpaired) electrons. The summed E-state index contributed by atoms with van der Waals surface area (Å²) in [5.74, 6) is 0.194. The number of benzene rings is 3. The molecule has 0 aliphatic carbocycles. The molecule has 0 saturated heterocycles. The molecular formula is C22H18FN3O2. The summed E-state index contributed by atoms with van der Waals surface area (Å²) < 4.78 is 15.2. The van der Waals surface area contributed by atoms with Crippen LogP contribution in [0.1, 0.15) is 21.7 Å². The van der Waals surface area contributed by atoms with Gasteiger partial charge in [0.25, 0.3) is 5.91 Å². The molecule has 0 fully saturated rings. The molecular weight excluding hydrogens is 357 g/mol. The van der Waals surface area contributed by atoms with E-state index in [1.54, 1.807) is 54.6 Å². The van der Waals surface area contributed by atoms with E-state index in [9.17, 15) is 9.18 Å². The summed E-state index contributed by atoms with van der Waals surface area (Å²) in [6, 6.07) is 18.4. The van der Waals surface area contributed by atoms with Gasteiger partial charge in [0.1, 0.15) is 11.6 Å². The lowest BCUT2D eigenvalue weighted by atomic mass is 10.1. The highest BCUT2D eigenvalue weighted by atomic mass is 19.1. The molecule has 1 heterocycles. The van der Waals surface area contributed by atoms with Crippen LogP contribution in [0, 0.1) is 12.7 Å². The van der Waals surface area contributed by atoms with Gasteiger partial charge >= 0.3 is 0 Å². The Labute approximate surface area is 161 Å². The standard InChI is InChI=1S/C22H18FN3O2/c1-14-24-20-11-4-16(22(28)25-18-7-2-15(13-27)3-8-18)12-21(20)26(14)19-9-5-17(23)6-10-19/h2-12,27H,13H2,1H3,(H,25,28). The molecule has 0 unspecified atom stereocenters. The number of carbonyl (C=O) groups is 1. The van der Waals surface area contributed by atoms with E-state index in [4.69, 9.17) is 5.11 Å². The van der Waals surface area contributed by atoms with Crippen LogP contribution >= 0.6 is 0 Å². The fourth-order valence-electron chi connectivity index (χ4n) is 3.15. The number of hydrogen-bond donors (Lipinski definition) is 2. The Morgan fingerprint density at radius 1 is 1.07 bits per heavy atom. The summed E-state index contributed by atoms with van der Waals surface area (Å²) >= 11 is 0. The third-order valence-corrected chi connectivity index (χ3v) is 4.56. The first-order valence-electron chi connectivity index (χ1n) is 8.81. The number of amides is 1. The molecule has 4 rings (SSSR count). The van der Waals surface area contributed by atoms with E-state index in [1.807, 2.05) is 11.5 Å². The van der Waals surface area contributed by atoms with Gasteiger partial charge in [0, 0.05) is 16.9 Å². The molecule has 3 aromatic carbocycles. The number of nitrogens with one attached hydrogen (secondary N) is 1. The molecule has 28 heavy (non-hydrogen) atoms. The van der Waals surface area contributed by atoms with Crippen LogP contribution < -0.4 is 5.32 Å². The lowest BCUT2D eigenvalue weighted by molar-refractivity contribution is 0.102. The molecule has 5 nitrogen and oxygen atoms in total. The molecule has 0 aliphatic heterocycles. The summed E-state index contributed by atoms with van der Waals surface area (Å²) in [6.45, 7) is 1.82. The Balaban J connectivity index is 1.69. The number of hydrogen-bond acceptors (Lipinski definition) is 3. The Morgan fingerprint density at radius 2 is 1.79 bits per heavy atom. The summed E-state index contributed by atoms with van der Waals surface area (Å²) in [7, 11) is 0. The molecule has 0 spiro atoms. The zero-order chi connectivity index (χ0) is 19.7. The van der Waals surface area contributed by atoms with Crippen LogP contribution in [0.3, 0.4) is 0 Å². The van der Waals surface area contributed by atoms with Crippen molar-refractivity contribution in [3.8, 4) is 5.69 Å². The summed E-state index contributed by atoms with van der Waals surface area (Å²) in [5.41, 5.74) is 4.21. The molecule has 1 aromatic heterocycles. The van der Waals surface area contributed by atoms with Crippen molar-refractivity contribution in [1.29, 1.82) is 0 Å². The maximum Gasteiger partial charge on any atom is 0.255 e. The normalized spacial score (nSPS) is 11.0. The van der Waals surface area contributed by atoms with Gasteiger partial charge in [0.2, 0.25) is 0 Å². The Hall–Kier alpha value is -3.51. The maximum absolute atomic E-state index is 13.3. The molecule has 140 valence electrons. The van der Waals surface area contributed by atoms with E-state index in [0.29, 0.717) is 11.3 Å². The number of aliphatic hydroxyl groups is 1. The highest BCUT2D eigenvalue weighted by molar-refractivity contribution is 6.06. The second kappa shape index (κ2) is 7.25. The predicted octanol–water partition coefficient (Wildman–Crippen LogP) is 4.22. The summed E-state index contributed by atoms with van der Waals surface area (Å²) in [4.78, 5) is 17.2.